The number of sulfonamides is 1. The fraction of sp³-hybridized carbons (Fsp3) is 0.231. The Morgan fingerprint density at radius 1 is 1.25 bits per heavy atom. The molecule has 0 radical (unpaired) electrons. The molecule has 1 aromatic carbocycles. The van der Waals surface area contributed by atoms with Crippen LogP contribution in [0.4, 0.5) is 0 Å². The molecule has 3 N–H and O–H groups in total. The highest BCUT2D eigenvalue weighted by Gasteiger charge is 2.17. The molecular weight excluding hydrogens is 360 g/mol. The highest BCUT2D eigenvalue weighted by atomic mass is 79.9. The molecule has 1 heterocycles. The van der Waals surface area contributed by atoms with Gasteiger partial charge in [-0.15, -0.1) is 0 Å². The first-order valence-corrected chi connectivity index (χ1v) is 9.24. The fourth-order valence-corrected chi connectivity index (χ4v) is 4.59. The number of hydrogen-bond acceptors (Lipinski definition) is 4. The molecular formula is C13H15BrN2O2S2. The average molecular weight is 375 g/mol. The first-order chi connectivity index (χ1) is 9.53. The summed E-state index contributed by atoms with van der Waals surface area (Å²) in [6.07, 6.45) is 0.682. The van der Waals surface area contributed by atoms with Crippen LogP contribution < -0.4 is 10.5 Å². The lowest BCUT2D eigenvalue weighted by Crippen LogP contribution is -2.26. The van der Waals surface area contributed by atoms with Crippen LogP contribution >= 0.6 is 27.3 Å². The number of benzene rings is 1. The zero-order chi connectivity index (χ0) is 14.6. The Morgan fingerprint density at radius 3 is 2.65 bits per heavy atom. The summed E-state index contributed by atoms with van der Waals surface area (Å²) < 4.78 is 27.6. The maximum Gasteiger partial charge on any atom is 0.241 e. The maximum absolute atomic E-state index is 12.2. The number of nitrogens with two attached hydrogens (primary N) is 1. The van der Waals surface area contributed by atoms with Crippen molar-refractivity contribution in [3.63, 3.8) is 0 Å². The third-order valence-electron chi connectivity index (χ3n) is 2.81. The molecule has 0 saturated heterocycles. The third kappa shape index (κ3) is 3.89. The predicted octanol–water partition coefficient (Wildman–Crippen LogP) is 2.49. The maximum atomic E-state index is 12.2. The van der Waals surface area contributed by atoms with E-state index in [4.69, 9.17) is 5.73 Å². The highest BCUT2D eigenvalue weighted by Crippen LogP contribution is 2.23. The minimum atomic E-state index is -3.50. The van der Waals surface area contributed by atoms with Crippen molar-refractivity contribution < 1.29 is 8.42 Å². The molecule has 0 saturated carbocycles. The summed E-state index contributed by atoms with van der Waals surface area (Å²) in [5, 5.41) is 3.99. The molecule has 7 heteroatoms. The summed E-state index contributed by atoms with van der Waals surface area (Å²) in [6.45, 7) is 0.759. The van der Waals surface area contributed by atoms with Gasteiger partial charge in [0, 0.05) is 17.6 Å². The second-order valence-corrected chi connectivity index (χ2v) is 7.62. The first-order valence-electron chi connectivity index (χ1n) is 6.02. The second kappa shape index (κ2) is 6.82. The molecule has 4 nitrogen and oxygen atoms in total. The van der Waals surface area contributed by atoms with Gasteiger partial charge in [-0.05, 0) is 62.4 Å². The van der Waals surface area contributed by atoms with Crippen molar-refractivity contribution in [3.8, 4) is 0 Å². The molecule has 0 bridgehead atoms. The van der Waals surface area contributed by atoms with Crippen LogP contribution in [0.15, 0.2) is 44.4 Å². The summed E-state index contributed by atoms with van der Waals surface area (Å²) in [4.78, 5) is 0.236. The lowest BCUT2D eigenvalue weighted by Gasteiger charge is -2.09. The van der Waals surface area contributed by atoms with E-state index >= 15 is 0 Å². The minimum Gasteiger partial charge on any atom is -0.326 e. The molecule has 0 fully saturated rings. The number of nitrogens with one attached hydrogen (secondary N) is 1. The van der Waals surface area contributed by atoms with Gasteiger partial charge in [0.05, 0.1) is 4.90 Å². The lowest BCUT2D eigenvalue weighted by atomic mass is 10.2. The molecule has 0 amide bonds. The quantitative estimate of drug-likeness (QED) is 0.815. The Hall–Kier alpha value is -0.730. The molecule has 0 aliphatic rings. The normalized spacial score (nSPS) is 11.7. The van der Waals surface area contributed by atoms with E-state index in [9.17, 15) is 8.42 Å². The van der Waals surface area contributed by atoms with Gasteiger partial charge in [-0.3, -0.25) is 0 Å². The summed E-state index contributed by atoms with van der Waals surface area (Å²) in [5.74, 6) is 0. The van der Waals surface area contributed by atoms with Crippen LogP contribution in [-0.4, -0.2) is 15.0 Å². The van der Waals surface area contributed by atoms with Crippen molar-refractivity contribution in [2.45, 2.75) is 17.9 Å². The Labute approximate surface area is 131 Å². The lowest BCUT2D eigenvalue weighted by molar-refractivity contribution is 0.581. The van der Waals surface area contributed by atoms with E-state index in [1.807, 2.05) is 16.8 Å². The monoisotopic (exact) mass is 374 g/mol. The number of thiophene rings is 1. The van der Waals surface area contributed by atoms with Gasteiger partial charge in [0.1, 0.15) is 0 Å². The molecule has 20 heavy (non-hydrogen) atoms. The first kappa shape index (κ1) is 15.7. The van der Waals surface area contributed by atoms with Crippen molar-refractivity contribution in [2.75, 3.05) is 6.54 Å². The van der Waals surface area contributed by atoms with Crippen molar-refractivity contribution in [1.82, 2.24) is 4.72 Å². The topological polar surface area (TPSA) is 72.2 Å². The minimum absolute atomic E-state index is 0.236. The van der Waals surface area contributed by atoms with Crippen LogP contribution in [-0.2, 0) is 23.0 Å². The zero-order valence-electron chi connectivity index (χ0n) is 10.7. The number of hydrogen-bond donors (Lipinski definition) is 2. The van der Waals surface area contributed by atoms with E-state index in [0.29, 0.717) is 24.0 Å². The summed E-state index contributed by atoms with van der Waals surface area (Å²) in [7, 11) is -3.50. The Balaban J connectivity index is 2.06. The molecule has 0 atom stereocenters. The van der Waals surface area contributed by atoms with Crippen molar-refractivity contribution in [1.29, 1.82) is 0 Å². The van der Waals surface area contributed by atoms with Crippen LogP contribution in [0.3, 0.4) is 0 Å². The molecule has 0 unspecified atom stereocenters. The summed E-state index contributed by atoms with van der Waals surface area (Å²) in [5.41, 5.74) is 7.55. The van der Waals surface area contributed by atoms with Crippen LogP contribution in [0.2, 0.25) is 0 Å². The van der Waals surface area contributed by atoms with E-state index in [-0.39, 0.29) is 4.90 Å². The van der Waals surface area contributed by atoms with Crippen LogP contribution in [0.1, 0.15) is 11.1 Å². The van der Waals surface area contributed by atoms with Gasteiger partial charge in [0.15, 0.2) is 0 Å². The van der Waals surface area contributed by atoms with E-state index in [2.05, 4.69) is 20.7 Å². The molecule has 1 aromatic heterocycles. The predicted molar refractivity (Wildman–Crippen MR) is 85.2 cm³/mol. The molecule has 0 aliphatic carbocycles. The third-order valence-corrected chi connectivity index (χ3v) is 5.98. The highest BCUT2D eigenvalue weighted by molar-refractivity contribution is 9.10. The SMILES string of the molecule is NCc1ccc(S(=O)(=O)NCCc2ccsc2)c(Br)c1. The molecule has 108 valence electrons. The van der Waals surface area contributed by atoms with Gasteiger partial charge in [0.25, 0.3) is 0 Å². The van der Waals surface area contributed by atoms with Crippen molar-refractivity contribution >= 4 is 37.3 Å². The van der Waals surface area contributed by atoms with Gasteiger partial charge in [-0.25, -0.2) is 13.1 Å². The largest absolute Gasteiger partial charge is 0.326 e. The molecule has 0 aliphatic heterocycles. The van der Waals surface area contributed by atoms with Gasteiger partial charge in [-0.1, -0.05) is 6.07 Å². The van der Waals surface area contributed by atoms with Gasteiger partial charge < -0.3 is 5.73 Å². The Kier molecular flexibility index (Phi) is 5.34. The Bertz CT molecular complexity index is 670. The Morgan fingerprint density at radius 2 is 2.05 bits per heavy atom. The van der Waals surface area contributed by atoms with Gasteiger partial charge in [-0.2, -0.15) is 11.3 Å². The van der Waals surface area contributed by atoms with E-state index in [1.165, 1.54) is 0 Å². The van der Waals surface area contributed by atoms with Gasteiger partial charge >= 0.3 is 0 Å². The second-order valence-electron chi connectivity index (χ2n) is 4.25. The number of rotatable bonds is 6. The van der Waals surface area contributed by atoms with Crippen LogP contribution in [0.25, 0.3) is 0 Å². The van der Waals surface area contributed by atoms with E-state index in [1.54, 1.807) is 29.5 Å². The zero-order valence-corrected chi connectivity index (χ0v) is 13.9. The molecule has 2 aromatic rings. The van der Waals surface area contributed by atoms with E-state index in [0.717, 1.165) is 11.1 Å². The van der Waals surface area contributed by atoms with Gasteiger partial charge in [0.2, 0.25) is 10.0 Å². The standard InChI is InChI=1S/C13H15BrN2O2S2/c14-12-7-11(8-15)1-2-13(12)20(17,18)16-5-3-10-4-6-19-9-10/h1-2,4,6-7,9,16H,3,5,8,15H2. The molecule has 0 spiro atoms. The van der Waals surface area contributed by atoms with Crippen LogP contribution in [0, 0.1) is 0 Å². The average Bonchev–Trinajstić information content (AvgIpc) is 2.91. The summed E-state index contributed by atoms with van der Waals surface area (Å²) in [6, 6.07) is 7.01. The molecule has 2 rings (SSSR count). The fourth-order valence-electron chi connectivity index (χ4n) is 1.73. The van der Waals surface area contributed by atoms with Crippen LogP contribution in [0.5, 0.6) is 0 Å². The number of halogens is 1. The van der Waals surface area contributed by atoms with E-state index < -0.39 is 10.0 Å². The smallest absolute Gasteiger partial charge is 0.241 e. The van der Waals surface area contributed by atoms with Crippen molar-refractivity contribution in [2.24, 2.45) is 5.73 Å². The summed E-state index contributed by atoms with van der Waals surface area (Å²) >= 11 is 4.89. The van der Waals surface area contributed by atoms with Crippen molar-refractivity contribution in [3.05, 3.63) is 50.6 Å².